The van der Waals surface area contributed by atoms with Crippen molar-refractivity contribution in [3.8, 4) is 0 Å². The second-order valence-corrected chi connectivity index (χ2v) is 9.05. The summed E-state index contributed by atoms with van der Waals surface area (Å²) < 4.78 is 38.8. The predicted octanol–water partition coefficient (Wildman–Crippen LogP) is 3.64. The number of alkyl halides is 3. The lowest BCUT2D eigenvalue weighted by Gasteiger charge is -2.32. The van der Waals surface area contributed by atoms with Crippen molar-refractivity contribution >= 4 is 39.9 Å². The van der Waals surface area contributed by atoms with Crippen LogP contribution >= 0.6 is 11.3 Å². The van der Waals surface area contributed by atoms with Crippen LogP contribution in [0.3, 0.4) is 0 Å². The van der Waals surface area contributed by atoms with Gasteiger partial charge in [-0.15, -0.1) is 11.3 Å². The number of carbonyl (C=O) groups is 3. The maximum absolute atomic E-state index is 12.9. The first-order valence-corrected chi connectivity index (χ1v) is 11.6. The first-order valence-electron chi connectivity index (χ1n) is 10.7. The van der Waals surface area contributed by atoms with Gasteiger partial charge in [0, 0.05) is 11.7 Å². The maximum atomic E-state index is 12.9. The fourth-order valence-corrected chi connectivity index (χ4v) is 4.52. The molecule has 0 bridgehead atoms. The number of hydrogen-bond donors (Lipinski definition) is 5. The van der Waals surface area contributed by atoms with Gasteiger partial charge < -0.3 is 21.7 Å². The molecule has 0 unspecified atom stereocenters. The summed E-state index contributed by atoms with van der Waals surface area (Å²) in [4.78, 5) is 37.1. The third-order valence-corrected chi connectivity index (χ3v) is 6.39. The molecule has 0 saturated heterocycles. The van der Waals surface area contributed by atoms with Gasteiger partial charge in [-0.3, -0.25) is 14.9 Å². The zero-order valence-electron chi connectivity index (χ0n) is 18.4. The second kappa shape index (κ2) is 10.8. The summed E-state index contributed by atoms with van der Waals surface area (Å²) in [6, 6.07) is 3.27. The normalized spacial score (nSPS) is 18.1. The molecular formula is C22H26F3N5O3S. The first kappa shape index (κ1) is 25.3. The molecule has 8 nitrogen and oxygen atoms in total. The van der Waals surface area contributed by atoms with E-state index < -0.39 is 30.1 Å². The van der Waals surface area contributed by atoms with E-state index in [1.807, 2.05) is 18.4 Å². The molecule has 1 aromatic carbocycles. The fraction of sp³-hybridized carbons (Fsp3) is 0.409. The van der Waals surface area contributed by atoms with Gasteiger partial charge in [0.1, 0.15) is 0 Å². The molecule has 4 amide bonds. The average molecular weight is 498 g/mol. The Hall–Kier alpha value is -3.28. The minimum atomic E-state index is -4.63. The minimum absolute atomic E-state index is 0.130. The Morgan fingerprint density at radius 3 is 2.38 bits per heavy atom. The van der Waals surface area contributed by atoms with Gasteiger partial charge in [-0.05, 0) is 55.0 Å². The zero-order valence-corrected chi connectivity index (χ0v) is 19.2. The van der Waals surface area contributed by atoms with Crippen molar-refractivity contribution < 1.29 is 27.6 Å². The number of thiophene rings is 1. The number of hydrogen-bond acceptors (Lipinski definition) is 5. The van der Waals surface area contributed by atoms with Crippen molar-refractivity contribution in [1.29, 1.82) is 0 Å². The van der Waals surface area contributed by atoms with Gasteiger partial charge in [0.25, 0.3) is 5.91 Å². The Morgan fingerprint density at radius 2 is 1.76 bits per heavy atom. The van der Waals surface area contributed by atoms with Crippen LogP contribution in [0.15, 0.2) is 29.6 Å². The van der Waals surface area contributed by atoms with Crippen LogP contribution in [0, 0.1) is 6.92 Å². The lowest BCUT2D eigenvalue weighted by Crippen LogP contribution is -2.55. The van der Waals surface area contributed by atoms with E-state index in [1.165, 1.54) is 11.3 Å². The van der Waals surface area contributed by atoms with E-state index in [1.54, 1.807) is 0 Å². The molecule has 1 aromatic heterocycles. The van der Waals surface area contributed by atoms with E-state index in [4.69, 9.17) is 5.73 Å². The molecule has 1 aliphatic carbocycles. The van der Waals surface area contributed by atoms with Crippen molar-refractivity contribution in [2.45, 2.75) is 50.9 Å². The Bertz CT molecular complexity index is 1060. The zero-order chi connectivity index (χ0) is 24.9. The quantitative estimate of drug-likeness (QED) is 0.391. The number of halogens is 3. The number of nitrogens with two attached hydrogens (primary N) is 1. The van der Waals surface area contributed by atoms with Gasteiger partial charge in [-0.25, -0.2) is 4.79 Å². The Morgan fingerprint density at radius 1 is 1.09 bits per heavy atom. The van der Waals surface area contributed by atoms with Crippen LogP contribution in [0.5, 0.6) is 0 Å². The topological polar surface area (TPSA) is 125 Å². The summed E-state index contributed by atoms with van der Waals surface area (Å²) in [5.74, 6) is -1.41. The predicted molar refractivity (Wildman–Crippen MR) is 124 cm³/mol. The van der Waals surface area contributed by atoms with Crippen molar-refractivity contribution in [2.24, 2.45) is 0 Å². The smallest absolute Gasteiger partial charge is 0.398 e. The van der Waals surface area contributed by atoms with Crippen LogP contribution in [0.4, 0.5) is 28.7 Å². The van der Waals surface area contributed by atoms with E-state index >= 15 is 0 Å². The third kappa shape index (κ3) is 6.86. The number of nitrogen functional groups attached to an aromatic ring is 1. The van der Waals surface area contributed by atoms with E-state index in [2.05, 4.69) is 21.3 Å². The molecule has 2 atom stereocenters. The lowest BCUT2D eigenvalue weighted by atomic mass is 9.90. The molecule has 34 heavy (non-hydrogen) atoms. The number of nitrogens with one attached hydrogen (secondary N) is 4. The number of benzene rings is 1. The van der Waals surface area contributed by atoms with E-state index in [0.29, 0.717) is 23.9 Å². The molecule has 0 spiro atoms. The number of anilines is 2. The van der Waals surface area contributed by atoms with Crippen LogP contribution in [-0.4, -0.2) is 36.5 Å². The molecule has 12 heteroatoms. The summed E-state index contributed by atoms with van der Waals surface area (Å²) in [5.41, 5.74) is 5.17. The van der Waals surface area contributed by atoms with Crippen LogP contribution in [0.2, 0.25) is 0 Å². The van der Waals surface area contributed by atoms with Crippen LogP contribution in [0.1, 0.15) is 47.2 Å². The van der Waals surface area contributed by atoms with Gasteiger partial charge in [0.15, 0.2) is 0 Å². The molecule has 1 saturated carbocycles. The van der Waals surface area contributed by atoms with Gasteiger partial charge >= 0.3 is 12.2 Å². The van der Waals surface area contributed by atoms with Crippen molar-refractivity contribution in [2.75, 3.05) is 17.6 Å². The first-order chi connectivity index (χ1) is 16.0. The molecule has 1 aliphatic rings. The van der Waals surface area contributed by atoms with Gasteiger partial charge in [0.2, 0.25) is 5.91 Å². The highest BCUT2D eigenvalue weighted by atomic mass is 32.1. The van der Waals surface area contributed by atoms with E-state index in [-0.39, 0.29) is 29.4 Å². The molecule has 1 fully saturated rings. The monoisotopic (exact) mass is 497 g/mol. The van der Waals surface area contributed by atoms with Gasteiger partial charge in [-0.2, -0.15) is 13.2 Å². The number of rotatable bonds is 6. The highest BCUT2D eigenvalue weighted by molar-refractivity contribution is 7.14. The van der Waals surface area contributed by atoms with Crippen LogP contribution in [0.25, 0.3) is 0 Å². The highest BCUT2D eigenvalue weighted by Gasteiger charge is 2.32. The van der Waals surface area contributed by atoms with Crippen LogP contribution < -0.4 is 27.0 Å². The SMILES string of the molecule is Cc1csc(NC(=O)N[C@H]2CCCC[C@H]2NC(=O)CNC(=O)c2cc(C(F)(F)F)ccc2N)c1. The Balaban J connectivity index is 1.53. The van der Waals surface area contributed by atoms with Crippen molar-refractivity contribution in [3.05, 3.63) is 46.3 Å². The molecule has 1 heterocycles. The average Bonchev–Trinajstić information content (AvgIpc) is 3.17. The Kier molecular flexibility index (Phi) is 8.02. The molecular weight excluding hydrogens is 471 g/mol. The largest absolute Gasteiger partial charge is 0.416 e. The molecule has 2 aromatic rings. The van der Waals surface area contributed by atoms with Crippen molar-refractivity contribution in [3.63, 3.8) is 0 Å². The van der Waals surface area contributed by atoms with Crippen molar-refractivity contribution in [1.82, 2.24) is 16.0 Å². The summed E-state index contributed by atoms with van der Waals surface area (Å²) >= 11 is 1.41. The molecule has 3 rings (SSSR count). The number of amides is 4. The summed E-state index contributed by atoms with van der Waals surface area (Å²) in [6.07, 6.45) is -1.56. The number of aryl methyl sites for hydroxylation is 1. The maximum Gasteiger partial charge on any atom is 0.416 e. The summed E-state index contributed by atoms with van der Waals surface area (Å²) in [5, 5.41) is 13.4. The minimum Gasteiger partial charge on any atom is -0.398 e. The van der Waals surface area contributed by atoms with Gasteiger partial charge in [-0.1, -0.05) is 12.8 Å². The molecule has 6 N–H and O–H groups in total. The third-order valence-electron chi connectivity index (χ3n) is 5.43. The fourth-order valence-electron chi connectivity index (χ4n) is 3.73. The highest BCUT2D eigenvalue weighted by Crippen LogP contribution is 2.31. The van der Waals surface area contributed by atoms with Gasteiger partial charge in [0.05, 0.1) is 28.7 Å². The molecule has 184 valence electrons. The summed E-state index contributed by atoms with van der Waals surface area (Å²) in [7, 11) is 0. The number of urea groups is 1. The van der Waals surface area contributed by atoms with Crippen LogP contribution in [-0.2, 0) is 11.0 Å². The Labute approximate surface area is 198 Å². The van der Waals surface area contributed by atoms with E-state index in [9.17, 15) is 27.6 Å². The summed E-state index contributed by atoms with van der Waals surface area (Å²) in [6.45, 7) is 1.48. The molecule has 0 radical (unpaired) electrons. The lowest BCUT2D eigenvalue weighted by molar-refractivity contribution is -0.137. The standard InChI is InChI=1S/C22H26F3N5O3S/c1-12-8-19(34-11-12)30-21(33)29-17-5-3-2-4-16(17)28-18(31)10-27-20(32)14-9-13(22(23,24)25)6-7-15(14)26/h6-9,11,16-17H,2-5,10,26H2,1H3,(H,27,32)(H,28,31)(H2,29,30,33)/t16-,17+/m1/s1. The van der Waals surface area contributed by atoms with E-state index in [0.717, 1.165) is 30.5 Å². The number of carbonyl (C=O) groups excluding carboxylic acids is 3. The second-order valence-electron chi connectivity index (χ2n) is 8.13. The molecule has 0 aliphatic heterocycles.